The molecule has 1 aliphatic rings. The highest BCUT2D eigenvalue weighted by Gasteiger charge is 2.35. The molecule has 0 aromatic heterocycles. The van der Waals surface area contributed by atoms with Crippen LogP contribution in [0, 0.1) is 5.92 Å². The van der Waals surface area contributed by atoms with Crippen molar-refractivity contribution in [3.8, 4) is 0 Å². The Hall–Kier alpha value is -2.66. The number of benzene rings is 2. The molecule has 0 unspecified atom stereocenters. The van der Waals surface area contributed by atoms with Crippen molar-refractivity contribution in [3.63, 3.8) is 0 Å². The summed E-state index contributed by atoms with van der Waals surface area (Å²) in [6.07, 6.45) is 1.48. The van der Waals surface area contributed by atoms with E-state index < -0.39 is 12.0 Å². The van der Waals surface area contributed by atoms with Gasteiger partial charge in [0.2, 0.25) is 0 Å². The summed E-state index contributed by atoms with van der Waals surface area (Å²) in [7, 11) is 0. The van der Waals surface area contributed by atoms with Gasteiger partial charge in [-0.05, 0) is 24.1 Å². The molecule has 6 heteroatoms. The summed E-state index contributed by atoms with van der Waals surface area (Å²) >= 11 is 6.30. The summed E-state index contributed by atoms with van der Waals surface area (Å²) in [5.74, 6) is -1.03. The van der Waals surface area contributed by atoms with Gasteiger partial charge in [-0.3, -0.25) is 14.6 Å². The maximum Gasteiger partial charge on any atom is 0.305 e. The minimum absolute atomic E-state index is 0.0679. The lowest BCUT2D eigenvalue weighted by Gasteiger charge is -2.27. The molecule has 1 atom stereocenters. The largest absolute Gasteiger partial charge is 0.481 e. The van der Waals surface area contributed by atoms with E-state index in [-0.39, 0.29) is 24.8 Å². The molecule has 1 aliphatic heterocycles. The summed E-state index contributed by atoms with van der Waals surface area (Å²) < 4.78 is 0. The standard InChI is InChI=1S/C23H25ClN2O3/c1-3-15(4-2)22-23(29)26(13-12-20(27)28)19-11-10-17(24)14-18(19)21(25-22)16-8-6-5-7-9-16/h5-11,14-15,22H,3-4,12-13H2,1-2H3,(H,27,28)/t22-/m0/s1. The predicted octanol–water partition coefficient (Wildman–Crippen LogP) is 4.80. The molecule has 0 aliphatic carbocycles. The Morgan fingerprint density at radius 3 is 2.48 bits per heavy atom. The number of nitrogens with zero attached hydrogens (tertiary/aromatic N) is 2. The summed E-state index contributed by atoms with van der Waals surface area (Å²) in [4.78, 5) is 31.3. The van der Waals surface area contributed by atoms with Crippen LogP contribution in [0.3, 0.4) is 0 Å². The Morgan fingerprint density at radius 2 is 1.86 bits per heavy atom. The van der Waals surface area contributed by atoms with E-state index in [1.807, 2.05) is 30.3 Å². The topological polar surface area (TPSA) is 70.0 Å². The number of aliphatic imine (C=N–C) groups is 1. The van der Waals surface area contributed by atoms with Crippen molar-refractivity contribution in [2.75, 3.05) is 11.4 Å². The number of halogens is 1. The van der Waals surface area contributed by atoms with Gasteiger partial charge in [-0.25, -0.2) is 0 Å². The first-order valence-electron chi connectivity index (χ1n) is 9.92. The number of amides is 1. The van der Waals surface area contributed by atoms with Crippen LogP contribution in [0.1, 0.15) is 44.2 Å². The van der Waals surface area contributed by atoms with Gasteiger partial charge >= 0.3 is 5.97 Å². The smallest absolute Gasteiger partial charge is 0.305 e. The van der Waals surface area contributed by atoms with Gasteiger partial charge in [-0.2, -0.15) is 0 Å². The van der Waals surface area contributed by atoms with Crippen molar-refractivity contribution in [2.24, 2.45) is 10.9 Å². The van der Waals surface area contributed by atoms with E-state index in [4.69, 9.17) is 16.6 Å². The Kier molecular flexibility index (Phi) is 6.70. The zero-order chi connectivity index (χ0) is 21.0. The Morgan fingerprint density at radius 1 is 1.17 bits per heavy atom. The monoisotopic (exact) mass is 412 g/mol. The van der Waals surface area contributed by atoms with Crippen molar-refractivity contribution >= 4 is 34.9 Å². The number of carbonyl (C=O) groups is 2. The van der Waals surface area contributed by atoms with Gasteiger partial charge < -0.3 is 10.0 Å². The highest BCUT2D eigenvalue weighted by molar-refractivity contribution is 6.32. The van der Waals surface area contributed by atoms with E-state index in [1.54, 1.807) is 23.1 Å². The molecule has 2 aromatic carbocycles. The van der Waals surface area contributed by atoms with E-state index in [0.29, 0.717) is 16.4 Å². The average molecular weight is 413 g/mol. The van der Waals surface area contributed by atoms with E-state index >= 15 is 0 Å². The summed E-state index contributed by atoms with van der Waals surface area (Å²) in [5.41, 5.74) is 3.01. The number of benzodiazepines with no additional fused rings is 1. The van der Waals surface area contributed by atoms with Crippen molar-refractivity contribution in [1.29, 1.82) is 0 Å². The van der Waals surface area contributed by atoms with Gasteiger partial charge in [0.05, 0.1) is 17.8 Å². The van der Waals surface area contributed by atoms with Crippen molar-refractivity contribution in [3.05, 3.63) is 64.7 Å². The third kappa shape index (κ3) is 4.51. The molecular formula is C23H25ClN2O3. The van der Waals surface area contributed by atoms with Crippen LogP contribution in [-0.2, 0) is 9.59 Å². The second-order valence-corrected chi connectivity index (χ2v) is 7.60. The number of carboxylic acids is 1. The normalized spacial score (nSPS) is 16.4. The molecule has 1 heterocycles. The molecule has 0 bridgehead atoms. The molecule has 1 amide bonds. The zero-order valence-electron chi connectivity index (χ0n) is 16.6. The Bertz CT molecular complexity index is 923. The molecule has 0 spiro atoms. The molecule has 0 radical (unpaired) electrons. The van der Waals surface area contributed by atoms with Crippen LogP contribution >= 0.6 is 11.6 Å². The van der Waals surface area contributed by atoms with Crippen LogP contribution in [0.2, 0.25) is 5.02 Å². The van der Waals surface area contributed by atoms with Crippen molar-refractivity contribution in [1.82, 2.24) is 0 Å². The summed E-state index contributed by atoms with van der Waals surface area (Å²) in [6.45, 7) is 4.20. The van der Waals surface area contributed by atoms with Crippen LogP contribution < -0.4 is 4.90 Å². The first-order valence-corrected chi connectivity index (χ1v) is 10.3. The minimum atomic E-state index is -0.944. The molecule has 0 fully saturated rings. The fraction of sp³-hybridized carbons (Fsp3) is 0.348. The van der Waals surface area contributed by atoms with Crippen LogP contribution in [0.4, 0.5) is 5.69 Å². The summed E-state index contributed by atoms with van der Waals surface area (Å²) in [6, 6.07) is 14.5. The molecule has 152 valence electrons. The van der Waals surface area contributed by atoms with Crippen LogP contribution in [0.25, 0.3) is 0 Å². The number of hydrogen-bond donors (Lipinski definition) is 1. The summed E-state index contributed by atoms with van der Waals surface area (Å²) in [5, 5.41) is 9.74. The van der Waals surface area contributed by atoms with Crippen LogP contribution in [-0.4, -0.2) is 35.3 Å². The third-order valence-electron chi connectivity index (χ3n) is 5.38. The number of carbonyl (C=O) groups excluding carboxylic acids is 1. The highest BCUT2D eigenvalue weighted by atomic mass is 35.5. The van der Waals surface area contributed by atoms with E-state index in [2.05, 4.69) is 13.8 Å². The quantitative estimate of drug-likeness (QED) is 0.709. The second kappa shape index (κ2) is 9.23. The molecule has 0 saturated carbocycles. The molecule has 2 aromatic rings. The number of anilines is 1. The lowest BCUT2D eigenvalue weighted by molar-refractivity contribution is -0.136. The average Bonchev–Trinajstić information content (AvgIpc) is 2.83. The highest BCUT2D eigenvalue weighted by Crippen LogP contribution is 2.33. The maximum atomic E-state index is 13.5. The van der Waals surface area contributed by atoms with Crippen molar-refractivity contribution in [2.45, 2.75) is 39.2 Å². The fourth-order valence-electron chi connectivity index (χ4n) is 3.78. The van der Waals surface area contributed by atoms with Gasteiger partial charge in [0.25, 0.3) is 5.91 Å². The number of fused-ring (bicyclic) bond motifs is 1. The lowest BCUT2D eigenvalue weighted by atomic mass is 9.93. The second-order valence-electron chi connectivity index (χ2n) is 7.16. The number of rotatable bonds is 7. The molecule has 29 heavy (non-hydrogen) atoms. The van der Waals surface area contributed by atoms with Gasteiger partial charge in [-0.15, -0.1) is 0 Å². The molecular weight excluding hydrogens is 388 g/mol. The van der Waals surface area contributed by atoms with Gasteiger partial charge in [-0.1, -0.05) is 68.6 Å². The maximum absolute atomic E-state index is 13.5. The third-order valence-corrected chi connectivity index (χ3v) is 5.62. The van der Waals surface area contributed by atoms with Gasteiger partial charge in [0.1, 0.15) is 6.04 Å². The molecule has 3 rings (SSSR count). The van der Waals surface area contributed by atoms with Crippen LogP contribution in [0.5, 0.6) is 0 Å². The molecule has 0 saturated heterocycles. The van der Waals surface area contributed by atoms with E-state index in [9.17, 15) is 14.7 Å². The zero-order valence-corrected chi connectivity index (χ0v) is 17.4. The van der Waals surface area contributed by atoms with Gasteiger partial charge in [0, 0.05) is 22.7 Å². The molecule has 5 nitrogen and oxygen atoms in total. The van der Waals surface area contributed by atoms with E-state index in [1.165, 1.54) is 0 Å². The fourth-order valence-corrected chi connectivity index (χ4v) is 3.95. The SMILES string of the molecule is CCC(CC)[C@@H]1N=C(c2ccccc2)c2cc(Cl)ccc2N(CCC(=O)O)C1=O. The number of aliphatic carboxylic acids is 1. The van der Waals surface area contributed by atoms with Gasteiger partial charge in [0.15, 0.2) is 0 Å². The Labute approximate surface area is 176 Å². The van der Waals surface area contributed by atoms with Crippen molar-refractivity contribution < 1.29 is 14.7 Å². The number of carboxylic acid groups (broad SMARTS) is 1. The van der Waals surface area contributed by atoms with Crippen LogP contribution in [0.15, 0.2) is 53.5 Å². The predicted molar refractivity (Wildman–Crippen MR) is 116 cm³/mol. The lowest BCUT2D eigenvalue weighted by Crippen LogP contribution is -2.42. The first kappa shape index (κ1) is 21.1. The molecule has 1 N–H and O–H groups in total. The Balaban J connectivity index is 2.23. The minimum Gasteiger partial charge on any atom is -0.481 e. The van der Waals surface area contributed by atoms with E-state index in [0.717, 1.165) is 24.0 Å². The number of hydrogen-bond acceptors (Lipinski definition) is 3. The first-order chi connectivity index (χ1) is 14.0.